The van der Waals surface area contributed by atoms with Gasteiger partial charge in [-0.15, -0.1) is 11.3 Å². The third-order valence-electron chi connectivity index (χ3n) is 6.24. The highest BCUT2D eigenvalue weighted by Crippen LogP contribution is 2.53. The average molecular weight is 471 g/mol. The maximum Gasteiger partial charge on any atom is 0.129 e. The van der Waals surface area contributed by atoms with Gasteiger partial charge in [-0.2, -0.15) is 10.5 Å². The minimum Gasteiger partial charge on any atom is -0.309 e. The summed E-state index contributed by atoms with van der Waals surface area (Å²) in [6.45, 7) is 4.48. The minimum absolute atomic E-state index is 0.0894. The number of benzene rings is 2. The lowest BCUT2D eigenvalue weighted by Gasteiger charge is -2.27. The Bertz CT molecular complexity index is 1480. The summed E-state index contributed by atoms with van der Waals surface area (Å²) in [6, 6.07) is 28.9. The summed E-state index contributed by atoms with van der Waals surface area (Å²) in [5.41, 5.74) is 6.56. The van der Waals surface area contributed by atoms with Gasteiger partial charge < -0.3 is 4.90 Å². The van der Waals surface area contributed by atoms with Crippen molar-refractivity contribution in [2.24, 2.45) is 0 Å². The normalized spacial score (nSPS) is 12.9. The van der Waals surface area contributed by atoms with Gasteiger partial charge in [0.15, 0.2) is 0 Å². The first-order valence-electron chi connectivity index (χ1n) is 11.3. The van der Waals surface area contributed by atoms with E-state index >= 15 is 0 Å². The molecule has 2 heterocycles. The number of rotatable bonds is 5. The number of hydrogen-bond donors (Lipinski definition) is 0. The SMILES string of the molecule is CC1(C)c2cc(N(c3ccccc3)c3ccccc3)cnc2-c2sc(/C=C/C=C(C#N)C#N)cc21. The quantitative estimate of drug-likeness (QED) is 0.220. The van der Waals surface area contributed by atoms with Crippen LogP contribution in [0.25, 0.3) is 16.6 Å². The van der Waals surface area contributed by atoms with Gasteiger partial charge in [0.25, 0.3) is 0 Å². The molecule has 1 aliphatic carbocycles. The molecule has 0 radical (unpaired) electrons. The van der Waals surface area contributed by atoms with Gasteiger partial charge >= 0.3 is 0 Å². The Hall–Kier alpha value is -4.45. The highest BCUT2D eigenvalue weighted by molar-refractivity contribution is 7.16. The van der Waals surface area contributed by atoms with Crippen molar-refractivity contribution in [1.29, 1.82) is 10.5 Å². The number of pyridine rings is 1. The van der Waals surface area contributed by atoms with E-state index in [1.807, 2.05) is 60.8 Å². The first-order valence-corrected chi connectivity index (χ1v) is 12.1. The summed E-state index contributed by atoms with van der Waals surface area (Å²) in [4.78, 5) is 9.44. The zero-order valence-electron chi connectivity index (χ0n) is 19.4. The predicted octanol–water partition coefficient (Wildman–Crippen LogP) is 7.91. The Morgan fingerprint density at radius 2 is 1.51 bits per heavy atom. The second kappa shape index (κ2) is 9.06. The van der Waals surface area contributed by atoms with Crippen molar-refractivity contribution in [3.8, 4) is 22.7 Å². The maximum atomic E-state index is 8.92. The first-order chi connectivity index (χ1) is 17.0. The molecule has 0 saturated carbocycles. The van der Waals surface area contributed by atoms with Gasteiger partial charge in [0, 0.05) is 21.7 Å². The second-order valence-corrected chi connectivity index (χ2v) is 9.86. The molecule has 0 saturated heterocycles. The lowest BCUT2D eigenvalue weighted by atomic mass is 9.83. The maximum absolute atomic E-state index is 8.92. The molecule has 0 atom stereocenters. The van der Waals surface area contributed by atoms with Crippen LogP contribution in [0.2, 0.25) is 0 Å². The third-order valence-corrected chi connectivity index (χ3v) is 7.34. The lowest BCUT2D eigenvalue weighted by Crippen LogP contribution is -2.16. The molecule has 0 N–H and O–H groups in total. The Labute approximate surface area is 209 Å². The smallest absolute Gasteiger partial charge is 0.129 e. The molecule has 0 fully saturated rings. The van der Waals surface area contributed by atoms with Crippen molar-refractivity contribution in [3.63, 3.8) is 0 Å². The molecule has 4 nitrogen and oxygen atoms in total. The Balaban J connectivity index is 1.56. The van der Waals surface area contributed by atoms with Crippen molar-refractivity contribution in [2.75, 3.05) is 4.90 Å². The number of anilines is 3. The Morgan fingerprint density at radius 1 is 0.886 bits per heavy atom. The summed E-state index contributed by atoms with van der Waals surface area (Å²) >= 11 is 1.68. The van der Waals surface area contributed by atoms with Crippen LogP contribution >= 0.6 is 11.3 Å². The largest absolute Gasteiger partial charge is 0.309 e. The average Bonchev–Trinajstić information content (AvgIpc) is 3.40. The molecule has 2 aromatic heterocycles. The summed E-state index contributed by atoms with van der Waals surface area (Å²) in [5.74, 6) is 0. The standard InChI is InChI=1S/C30H22N4S/c1-30(2)26-16-24(34(22-11-5-3-6-12-22)23-13-7-4-8-14-23)20-33-28(26)29-27(30)17-25(35-29)15-9-10-21(18-31)19-32/h3-17,20H,1-2H3/b15-9+. The van der Waals surface area contributed by atoms with Crippen LogP contribution in [0.1, 0.15) is 29.9 Å². The van der Waals surface area contributed by atoms with Crippen LogP contribution in [-0.4, -0.2) is 4.98 Å². The van der Waals surface area contributed by atoms with Crippen molar-refractivity contribution in [1.82, 2.24) is 4.98 Å². The van der Waals surface area contributed by atoms with Crippen LogP contribution in [0.5, 0.6) is 0 Å². The van der Waals surface area contributed by atoms with E-state index in [4.69, 9.17) is 15.5 Å². The lowest BCUT2D eigenvalue weighted by molar-refractivity contribution is 0.660. The minimum atomic E-state index is -0.199. The van der Waals surface area contributed by atoms with E-state index in [0.717, 1.165) is 27.6 Å². The summed E-state index contributed by atoms with van der Waals surface area (Å²) < 4.78 is 0. The Morgan fingerprint density at radius 3 is 2.11 bits per heavy atom. The van der Waals surface area contributed by atoms with E-state index in [-0.39, 0.29) is 11.0 Å². The van der Waals surface area contributed by atoms with Crippen LogP contribution in [0.3, 0.4) is 0 Å². The second-order valence-electron chi connectivity index (χ2n) is 8.78. The van der Waals surface area contributed by atoms with E-state index in [9.17, 15) is 0 Å². The van der Waals surface area contributed by atoms with Gasteiger partial charge in [0.2, 0.25) is 0 Å². The van der Waals surface area contributed by atoms with Crippen molar-refractivity contribution in [2.45, 2.75) is 19.3 Å². The molecule has 0 aliphatic heterocycles. The molecule has 0 bridgehead atoms. The van der Waals surface area contributed by atoms with E-state index in [0.29, 0.717) is 0 Å². The van der Waals surface area contributed by atoms with Gasteiger partial charge in [0.05, 0.1) is 22.5 Å². The summed E-state index contributed by atoms with van der Waals surface area (Å²) in [7, 11) is 0. The first kappa shape index (κ1) is 22.3. The molecule has 5 rings (SSSR count). The summed E-state index contributed by atoms with van der Waals surface area (Å²) in [6.07, 6.45) is 7.18. The van der Waals surface area contributed by atoms with Gasteiger partial charge in [0.1, 0.15) is 17.7 Å². The number of nitrogens with zero attached hydrogens (tertiary/aromatic N) is 4. The fourth-order valence-electron chi connectivity index (χ4n) is 4.45. The fourth-order valence-corrected chi connectivity index (χ4v) is 5.69. The molecule has 4 aromatic rings. The molecular formula is C30H22N4S. The number of allylic oxidation sites excluding steroid dienone is 3. The molecule has 1 aliphatic rings. The molecular weight excluding hydrogens is 448 g/mol. The zero-order valence-corrected chi connectivity index (χ0v) is 20.3. The third kappa shape index (κ3) is 4.04. The van der Waals surface area contributed by atoms with Crippen LogP contribution < -0.4 is 4.90 Å². The van der Waals surface area contributed by atoms with Crippen LogP contribution in [-0.2, 0) is 5.41 Å². The fraction of sp³-hybridized carbons (Fsp3) is 0.100. The van der Waals surface area contributed by atoms with E-state index in [2.05, 4.69) is 55.1 Å². The van der Waals surface area contributed by atoms with Crippen molar-refractivity contribution in [3.05, 3.63) is 113 Å². The van der Waals surface area contributed by atoms with Gasteiger partial charge in [-0.1, -0.05) is 56.3 Å². The number of hydrogen-bond acceptors (Lipinski definition) is 5. The van der Waals surface area contributed by atoms with Crippen molar-refractivity contribution >= 4 is 34.5 Å². The van der Waals surface area contributed by atoms with Crippen LogP contribution in [0, 0.1) is 22.7 Å². The molecule has 0 unspecified atom stereocenters. The molecule has 2 aromatic carbocycles. The predicted molar refractivity (Wildman–Crippen MR) is 143 cm³/mol. The number of para-hydroxylation sites is 2. The van der Waals surface area contributed by atoms with Gasteiger partial charge in [-0.05, 0) is 59.7 Å². The van der Waals surface area contributed by atoms with E-state index < -0.39 is 0 Å². The molecule has 35 heavy (non-hydrogen) atoms. The molecule has 0 spiro atoms. The molecule has 0 amide bonds. The van der Waals surface area contributed by atoms with Gasteiger partial charge in [-0.3, -0.25) is 4.98 Å². The van der Waals surface area contributed by atoms with E-state index in [1.54, 1.807) is 17.4 Å². The monoisotopic (exact) mass is 470 g/mol. The molecule has 5 heteroatoms. The highest BCUT2D eigenvalue weighted by atomic mass is 32.1. The number of nitriles is 2. The van der Waals surface area contributed by atoms with Crippen LogP contribution in [0.15, 0.2) is 96.7 Å². The van der Waals surface area contributed by atoms with E-state index in [1.165, 1.54) is 22.1 Å². The molecule has 168 valence electrons. The zero-order chi connectivity index (χ0) is 24.4. The van der Waals surface area contributed by atoms with Gasteiger partial charge in [-0.25, -0.2) is 0 Å². The number of thiophene rings is 1. The number of aromatic nitrogens is 1. The summed E-state index contributed by atoms with van der Waals surface area (Å²) in [5, 5.41) is 17.8. The van der Waals surface area contributed by atoms with Crippen LogP contribution in [0.4, 0.5) is 17.1 Å². The highest BCUT2D eigenvalue weighted by Gasteiger charge is 2.38. The topological polar surface area (TPSA) is 63.7 Å². The van der Waals surface area contributed by atoms with Crippen molar-refractivity contribution < 1.29 is 0 Å². The number of fused-ring (bicyclic) bond motifs is 3. The Kier molecular flexibility index (Phi) is 5.79.